The molecule has 36 heavy (non-hydrogen) atoms. The van der Waals surface area contributed by atoms with Crippen molar-refractivity contribution in [1.82, 2.24) is 10.2 Å². The molecule has 1 aliphatic heterocycles. The van der Waals surface area contributed by atoms with Gasteiger partial charge in [0.1, 0.15) is 17.3 Å². The molecule has 8 nitrogen and oxygen atoms in total. The predicted octanol–water partition coefficient (Wildman–Crippen LogP) is 5.28. The van der Waals surface area contributed by atoms with Crippen molar-refractivity contribution in [2.24, 2.45) is 5.73 Å². The monoisotopic (exact) mass is 523 g/mol. The maximum atomic E-state index is 13.4. The number of rotatable bonds is 6. The normalized spacial score (nSPS) is 20.9. The number of benzene rings is 1. The first-order valence-electron chi connectivity index (χ1n) is 12.2. The zero-order valence-corrected chi connectivity index (χ0v) is 22.1. The summed E-state index contributed by atoms with van der Waals surface area (Å²) in [6.45, 7) is 0. The van der Waals surface area contributed by atoms with E-state index in [1.54, 1.807) is 43.0 Å². The number of anilines is 1. The summed E-state index contributed by atoms with van der Waals surface area (Å²) in [7, 11) is 3.16. The van der Waals surface area contributed by atoms with E-state index in [2.05, 4.69) is 16.3 Å². The number of thioether (sulfide) groups is 1. The molecule has 2 N–H and O–H groups in total. The smallest absolute Gasteiger partial charge is 0.219 e. The molecule has 0 bridgehead atoms. The number of allylic oxidation sites excluding steroid dienone is 3. The Morgan fingerprint density at radius 2 is 1.94 bits per heavy atom. The minimum absolute atomic E-state index is 0.0118. The summed E-state index contributed by atoms with van der Waals surface area (Å²) in [4.78, 5) is 15.2. The summed E-state index contributed by atoms with van der Waals surface area (Å²) in [5.41, 5.74) is 9.06. The molecular weight excluding hydrogens is 494 g/mol. The van der Waals surface area contributed by atoms with Gasteiger partial charge in [0.05, 0.1) is 31.8 Å². The lowest BCUT2D eigenvalue weighted by molar-refractivity contribution is -0.116. The molecule has 1 saturated carbocycles. The molecule has 0 spiro atoms. The number of nitriles is 1. The van der Waals surface area contributed by atoms with Crippen LogP contribution in [0.15, 0.2) is 45.2 Å². The SMILES string of the molecule is COc1ccc(OC)c(C2C(C#N)=C(N)N(c3nnc(SC4CCCCC4)s3)C3=C2C(=O)CCC3)c1. The van der Waals surface area contributed by atoms with E-state index >= 15 is 0 Å². The minimum Gasteiger partial charge on any atom is -0.497 e. The number of aromatic nitrogens is 2. The van der Waals surface area contributed by atoms with Crippen LogP contribution in [0.2, 0.25) is 0 Å². The van der Waals surface area contributed by atoms with Gasteiger partial charge in [-0.2, -0.15) is 5.26 Å². The Morgan fingerprint density at radius 1 is 1.14 bits per heavy atom. The van der Waals surface area contributed by atoms with Crippen molar-refractivity contribution < 1.29 is 14.3 Å². The van der Waals surface area contributed by atoms with E-state index in [-0.39, 0.29) is 11.6 Å². The second kappa shape index (κ2) is 10.5. The van der Waals surface area contributed by atoms with Crippen molar-refractivity contribution in [2.45, 2.75) is 66.9 Å². The van der Waals surface area contributed by atoms with E-state index in [1.807, 2.05) is 6.07 Å². The van der Waals surface area contributed by atoms with Gasteiger partial charge < -0.3 is 15.2 Å². The van der Waals surface area contributed by atoms with Crippen LogP contribution in [0.4, 0.5) is 5.13 Å². The number of nitrogens with zero attached hydrogens (tertiary/aromatic N) is 4. The second-order valence-corrected chi connectivity index (χ2v) is 11.7. The van der Waals surface area contributed by atoms with Crippen molar-refractivity contribution in [3.8, 4) is 17.6 Å². The summed E-state index contributed by atoms with van der Waals surface area (Å²) >= 11 is 3.25. The van der Waals surface area contributed by atoms with Gasteiger partial charge in [-0.05, 0) is 43.9 Å². The Hall–Kier alpha value is -3.03. The lowest BCUT2D eigenvalue weighted by Gasteiger charge is -2.38. The average Bonchev–Trinajstić information content (AvgIpc) is 3.36. The Labute approximate surface area is 219 Å². The van der Waals surface area contributed by atoms with Crippen LogP contribution >= 0.6 is 23.1 Å². The Bertz CT molecular complexity index is 1270. The highest BCUT2D eigenvalue weighted by Crippen LogP contribution is 2.49. The summed E-state index contributed by atoms with van der Waals surface area (Å²) < 4.78 is 12.0. The number of methoxy groups -OCH3 is 2. The summed E-state index contributed by atoms with van der Waals surface area (Å²) in [5.74, 6) is 0.845. The van der Waals surface area contributed by atoms with Crippen LogP contribution in [0.25, 0.3) is 0 Å². The number of carbonyl (C=O) groups is 1. The molecule has 0 amide bonds. The van der Waals surface area contributed by atoms with Gasteiger partial charge in [0.2, 0.25) is 5.13 Å². The van der Waals surface area contributed by atoms with Crippen LogP contribution < -0.4 is 20.1 Å². The first kappa shape index (κ1) is 24.7. The van der Waals surface area contributed by atoms with E-state index in [4.69, 9.17) is 15.2 Å². The fourth-order valence-electron chi connectivity index (χ4n) is 5.35. The molecule has 0 saturated heterocycles. The van der Waals surface area contributed by atoms with Crippen LogP contribution in [-0.2, 0) is 4.79 Å². The van der Waals surface area contributed by atoms with Gasteiger partial charge >= 0.3 is 0 Å². The fourth-order valence-corrected chi connectivity index (χ4v) is 7.73. The van der Waals surface area contributed by atoms with Gasteiger partial charge in [-0.15, -0.1) is 10.2 Å². The van der Waals surface area contributed by atoms with E-state index in [1.165, 1.54) is 43.4 Å². The maximum Gasteiger partial charge on any atom is 0.219 e. The molecular formula is C26H29N5O3S2. The predicted molar refractivity (Wildman–Crippen MR) is 140 cm³/mol. The minimum atomic E-state index is -0.636. The highest BCUT2D eigenvalue weighted by atomic mass is 32.2. The lowest BCUT2D eigenvalue weighted by Crippen LogP contribution is -2.38. The topological polar surface area (TPSA) is 114 Å². The van der Waals surface area contributed by atoms with Crippen molar-refractivity contribution >= 4 is 34.0 Å². The third kappa shape index (κ3) is 4.46. The van der Waals surface area contributed by atoms with Crippen LogP contribution in [0.1, 0.15) is 62.8 Å². The molecule has 0 radical (unpaired) electrons. The van der Waals surface area contributed by atoms with E-state index in [0.29, 0.717) is 57.9 Å². The Balaban J connectivity index is 1.60. The molecule has 188 valence electrons. The van der Waals surface area contributed by atoms with Gasteiger partial charge in [0.15, 0.2) is 10.1 Å². The van der Waals surface area contributed by atoms with Crippen molar-refractivity contribution in [3.63, 3.8) is 0 Å². The molecule has 1 atom stereocenters. The highest BCUT2D eigenvalue weighted by molar-refractivity contribution is 8.01. The number of hydrogen-bond acceptors (Lipinski definition) is 10. The van der Waals surface area contributed by atoms with Crippen LogP contribution in [0.3, 0.4) is 0 Å². The summed E-state index contributed by atoms with van der Waals surface area (Å²) in [6.07, 6.45) is 7.99. The number of nitrogens with two attached hydrogens (primary N) is 1. The average molecular weight is 524 g/mol. The molecule has 1 aromatic carbocycles. The zero-order valence-electron chi connectivity index (χ0n) is 20.5. The van der Waals surface area contributed by atoms with E-state index in [0.717, 1.165) is 10.0 Å². The van der Waals surface area contributed by atoms with Crippen LogP contribution in [0, 0.1) is 11.3 Å². The number of Topliss-reactive ketones (excluding diaryl/α,β-unsaturated/α-hetero) is 1. The lowest BCUT2D eigenvalue weighted by atomic mass is 9.75. The Kier molecular flexibility index (Phi) is 7.21. The highest BCUT2D eigenvalue weighted by Gasteiger charge is 2.42. The first-order valence-corrected chi connectivity index (χ1v) is 13.9. The van der Waals surface area contributed by atoms with Crippen molar-refractivity contribution in [1.29, 1.82) is 5.26 Å². The third-order valence-electron chi connectivity index (χ3n) is 7.07. The number of ketones is 1. The largest absolute Gasteiger partial charge is 0.497 e. The molecule has 5 rings (SSSR count). The van der Waals surface area contributed by atoms with Crippen molar-refractivity contribution in [2.75, 3.05) is 19.1 Å². The van der Waals surface area contributed by atoms with Gasteiger partial charge in [0.25, 0.3) is 0 Å². The molecule has 1 unspecified atom stereocenters. The molecule has 2 heterocycles. The Morgan fingerprint density at radius 3 is 2.67 bits per heavy atom. The first-order chi connectivity index (χ1) is 17.5. The number of carbonyl (C=O) groups excluding carboxylic acids is 1. The number of hydrogen-bond donors (Lipinski definition) is 1. The summed E-state index contributed by atoms with van der Waals surface area (Å²) in [5, 5.41) is 20.3. The quantitative estimate of drug-likeness (QED) is 0.539. The summed E-state index contributed by atoms with van der Waals surface area (Å²) in [6, 6.07) is 7.70. The molecule has 2 aliphatic carbocycles. The molecule has 3 aliphatic rings. The van der Waals surface area contributed by atoms with Gasteiger partial charge in [-0.25, -0.2) is 0 Å². The maximum absolute atomic E-state index is 13.4. The number of ether oxygens (including phenoxy) is 2. The van der Waals surface area contributed by atoms with E-state index < -0.39 is 5.92 Å². The van der Waals surface area contributed by atoms with Gasteiger partial charge in [0, 0.05) is 28.5 Å². The fraction of sp³-hybridized carbons (Fsp3) is 0.462. The second-order valence-electron chi connectivity index (χ2n) is 9.15. The van der Waals surface area contributed by atoms with Crippen LogP contribution in [0.5, 0.6) is 11.5 Å². The molecule has 1 fully saturated rings. The van der Waals surface area contributed by atoms with Gasteiger partial charge in [-0.3, -0.25) is 9.69 Å². The molecule has 10 heteroatoms. The molecule has 1 aromatic heterocycles. The van der Waals surface area contributed by atoms with E-state index in [9.17, 15) is 10.1 Å². The molecule has 2 aromatic rings. The zero-order chi connectivity index (χ0) is 25.2. The third-order valence-corrected chi connectivity index (χ3v) is 9.40. The van der Waals surface area contributed by atoms with Crippen molar-refractivity contribution in [3.05, 3.63) is 46.4 Å². The van der Waals surface area contributed by atoms with Gasteiger partial charge in [-0.1, -0.05) is 42.4 Å². The van der Waals surface area contributed by atoms with Crippen LogP contribution in [-0.4, -0.2) is 35.5 Å². The standard InChI is InChI=1S/C26H29N5O3S2/c1-33-15-11-12-21(34-2)17(13-15)22-18(14-27)24(28)31(19-9-6-10-20(32)23(19)22)25-29-30-26(36-25)35-16-7-4-3-5-8-16/h11-13,16,22H,3-10,28H2,1-2H3.